The van der Waals surface area contributed by atoms with Gasteiger partial charge in [-0.05, 0) is 62.4 Å². The number of rotatable bonds is 8. The maximum absolute atomic E-state index is 13.0. The van der Waals surface area contributed by atoms with Crippen LogP contribution in [0, 0.1) is 13.8 Å². The summed E-state index contributed by atoms with van der Waals surface area (Å²) in [7, 11) is -2.20. The molecule has 1 saturated heterocycles. The van der Waals surface area contributed by atoms with E-state index >= 15 is 0 Å². The van der Waals surface area contributed by atoms with E-state index in [0.717, 1.165) is 30.2 Å². The van der Waals surface area contributed by atoms with E-state index < -0.39 is 10.0 Å². The number of hydrogen-bond donors (Lipinski definition) is 1. The third kappa shape index (κ3) is 5.75. The minimum atomic E-state index is -3.70. The summed E-state index contributed by atoms with van der Waals surface area (Å²) >= 11 is 0. The van der Waals surface area contributed by atoms with Gasteiger partial charge in [-0.3, -0.25) is 14.0 Å². The first-order valence-corrected chi connectivity index (χ1v) is 13.0. The van der Waals surface area contributed by atoms with E-state index in [9.17, 15) is 13.2 Å². The molecule has 0 saturated carbocycles. The Balaban J connectivity index is 1.43. The Labute approximate surface area is 206 Å². The number of carbonyl (C=O) groups is 1. The molecule has 2 heterocycles. The number of anilines is 1. The van der Waals surface area contributed by atoms with Gasteiger partial charge in [0.05, 0.1) is 29.8 Å². The topological polar surface area (TPSA) is 92.1 Å². The fraction of sp³-hybridized carbons (Fsp3) is 0.346. The number of amides is 1. The van der Waals surface area contributed by atoms with E-state index in [1.807, 2.05) is 26.0 Å². The van der Waals surface area contributed by atoms with Crippen molar-refractivity contribution in [2.75, 3.05) is 44.2 Å². The Bertz CT molecular complexity index is 1250. The quantitative estimate of drug-likeness (QED) is 0.512. The van der Waals surface area contributed by atoms with Crippen LogP contribution in [0.1, 0.15) is 33.5 Å². The smallest absolute Gasteiger partial charge is 0.264 e. The van der Waals surface area contributed by atoms with Crippen molar-refractivity contribution >= 4 is 21.6 Å². The second-order valence-electron chi connectivity index (χ2n) is 8.66. The monoisotopic (exact) mass is 497 g/mol. The summed E-state index contributed by atoms with van der Waals surface area (Å²) < 4.78 is 38.4. The summed E-state index contributed by atoms with van der Waals surface area (Å²) in [5.41, 5.74) is 1.91. The van der Waals surface area contributed by atoms with Gasteiger partial charge in [0.25, 0.3) is 15.9 Å². The van der Waals surface area contributed by atoms with Crippen molar-refractivity contribution in [3.63, 3.8) is 0 Å². The summed E-state index contributed by atoms with van der Waals surface area (Å²) in [6.07, 6.45) is 0. The Morgan fingerprint density at radius 3 is 2.26 bits per heavy atom. The van der Waals surface area contributed by atoms with Crippen molar-refractivity contribution in [3.8, 4) is 0 Å². The van der Waals surface area contributed by atoms with Crippen molar-refractivity contribution < 1.29 is 22.4 Å². The molecule has 8 nitrogen and oxygen atoms in total. The third-order valence-electron chi connectivity index (χ3n) is 6.20. The molecular formula is C26H31N3O5S. The number of aryl methyl sites for hydroxylation is 2. The van der Waals surface area contributed by atoms with Crippen molar-refractivity contribution in [2.24, 2.45) is 0 Å². The van der Waals surface area contributed by atoms with E-state index in [1.54, 1.807) is 48.5 Å². The van der Waals surface area contributed by atoms with Crippen LogP contribution >= 0.6 is 0 Å². The van der Waals surface area contributed by atoms with E-state index in [-0.39, 0.29) is 16.8 Å². The number of morpholine rings is 1. The number of furan rings is 1. The minimum absolute atomic E-state index is 0.0957. The van der Waals surface area contributed by atoms with Crippen molar-refractivity contribution in [1.82, 2.24) is 10.2 Å². The number of nitrogens with zero attached hydrogens (tertiary/aromatic N) is 2. The van der Waals surface area contributed by atoms with Crippen molar-refractivity contribution in [3.05, 3.63) is 83.3 Å². The second-order valence-corrected chi connectivity index (χ2v) is 10.6. The third-order valence-corrected chi connectivity index (χ3v) is 8.00. The summed E-state index contributed by atoms with van der Waals surface area (Å²) in [5.74, 6) is 1.40. The lowest BCUT2D eigenvalue weighted by Crippen LogP contribution is -2.43. The highest BCUT2D eigenvalue weighted by atomic mass is 32.2. The number of hydrogen-bond acceptors (Lipinski definition) is 6. The normalized spacial score (nSPS) is 15.5. The van der Waals surface area contributed by atoms with Gasteiger partial charge in [0.1, 0.15) is 11.5 Å². The van der Waals surface area contributed by atoms with Gasteiger partial charge in [-0.2, -0.15) is 0 Å². The van der Waals surface area contributed by atoms with E-state index in [1.165, 1.54) is 11.4 Å². The van der Waals surface area contributed by atoms with Crippen molar-refractivity contribution in [2.45, 2.75) is 24.8 Å². The molecule has 1 aliphatic heterocycles. The summed E-state index contributed by atoms with van der Waals surface area (Å²) in [6, 6.07) is 17.0. The molecule has 4 rings (SSSR count). The Kier molecular flexibility index (Phi) is 7.59. The summed E-state index contributed by atoms with van der Waals surface area (Å²) in [5, 5.41) is 3.00. The molecule has 186 valence electrons. The van der Waals surface area contributed by atoms with Gasteiger partial charge in [0.15, 0.2) is 0 Å². The second kappa shape index (κ2) is 10.6. The zero-order chi connectivity index (χ0) is 25.0. The SMILES string of the molecule is Cc1ccc(S(=O)(=O)N(C)c2ccc(C(=O)NCC(c3ccc(C)o3)N3CCOCC3)cc2)cc1. The highest BCUT2D eigenvalue weighted by molar-refractivity contribution is 7.92. The number of carbonyl (C=O) groups excluding carboxylic acids is 1. The van der Waals surface area contributed by atoms with Crippen LogP contribution in [0.25, 0.3) is 0 Å². The van der Waals surface area contributed by atoms with Gasteiger partial charge < -0.3 is 14.5 Å². The lowest BCUT2D eigenvalue weighted by Gasteiger charge is -2.33. The Hall–Kier alpha value is -3.14. The molecule has 0 spiro atoms. The Morgan fingerprint density at radius 1 is 1.00 bits per heavy atom. The zero-order valence-corrected chi connectivity index (χ0v) is 21.0. The average Bonchev–Trinajstić information content (AvgIpc) is 3.30. The first kappa shape index (κ1) is 25.0. The number of nitrogens with one attached hydrogen (secondary N) is 1. The largest absolute Gasteiger partial charge is 0.465 e. The first-order valence-electron chi connectivity index (χ1n) is 11.6. The van der Waals surface area contributed by atoms with Crippen LogP contribution in [-0.2, 0) is 14.8 Å². The van der Waals surface area contributed by atoms with Gasteiger partial charge in [-0.15, -0.1) is 0 Å². The van der Waals surface area contributed by atoms with Crippen LogP contribution in [0.5, 0.6) is 0 Å². The molecule has 1 N–H and O–H groups in total. The average molecular weight is 498 g/mol. The van der Waals surface area contributed by atoms with Crippen LogP contribution in [0.2, 0.25) is 0 Å². The molecule has 1 unspecified atom stereocenters. The van der Waals surface area contributed by atoms with Gasteiger partial charge in [0, 0.05) is 32.2 Å². The molecule has 2 aromatic carbocycles. The molecular weight excluding hydrogens is 466 g/mol. The molecule has 0 bridgehead atoms. The van der Waals surface area contributed by atoms with Gasteiger partial charge in [0.2, 0.25) is 0 Å². The number of benzene rings is 2. The van der Waals surface area contributed by atoms with Gasteiger partial charge in [-0.1, -0.05) is 17.7 Å². The van der Waals surface area contributed by atoms with Crippen LogP contribution in [0.3, 0.4) is 0 Å². The first-order chi connectivity index (χ1) is 16.8. The maximum atomic E-state index is 13.0. The number of ether oxygens (including phenoxy) is 1. The zero-order valence-electron chi connectivity index (χ0n) is 20.2. The standard InChI is InChI=1S/C26H31N3O5S/c1-19-4-11-23(12-5-19)35(31,32)28(3)22-9-7-21(8-10-22)26(30)27-18-24(25-13-6-20(2)34-25)29-14-16-33-17-15-29/h4-13,24H,14-18H2,1-3H3,(H,27,30). The minimum Gasteiger partial charge on any atom is -0.465 e. The highest BCUT2D eigenvalue weighted by Gasteiger charge is 2.26. The summed E-state index contributed by atoms with van der Waals surface area (Å²) in [4.78, 5) is 15.3. The molecule has 1 atom stereocenters. The van der Waals surface area contributed by atoms with Crippen LogP contribution < -0.4 is 9.62 Å². The predicted octanol–water partition coefficient (Wildman–Crippen LogP) is 3.52. The number of sulfonamides is 1. The van der Waals surface area contributed by atoms with Crippen molar-refractivity contribution in [1.29, 1.82) is 0 Å². The maximum Gasteiger partial charge on any atom is 0.264 e. The lowest BCUT2D eigenvalue weighted by molar-refractivity contribution is 0.0117. The highest BCUT2D eigenvalue weighted by Crippen LogP contribution is 2.25. The van der Waals surface area contributed by atoms with Gasteiger partial charge in [-0.25, -0.2) is 8.42 Å². The fourth-order valence-electron chi connectivity index (χ4n) is 4.05. The molecule has 0 aliphatic carbocycles. The molecule has 35 heavy (non-hydrogen) atoms. The fourth-order valence-corrected chi connectivity index (χ4v) is 5.25. The molecule has 3 aromatic rings. The molecule has 1 aromatic heterocycles. The molecule has 1 aliphatic rings. The van der Waals surface area contributed by atoms with E-state index in [0.29, 0.717) is 31.0 Å². The van der Waals surface area contributed by atoms with Gasteiger partial charge >= 0.3 is 0 Å². The van der Waals surface area contributed by atoms with Crippen LogP contribution in [-0.4, -0.2) is 59.1 Å². The Morgan fingerprint density at radius 2 is 1.66 bits per heavy atom. The lowest BCUT2D eigenvalue weighted by atomic mass is 10.1. The summed E-state index contributed by atoms with van der Waals surface area (Å²) in [6.45, 7) is 7.00. The van der Waals surface area contributed by atoms with E-state index in [2.05, 4.69) is 10.2 Å². The molecule has 0 radical (unpaired) electrons. The predicted molar refractivity (Wildman–Crippen MR) is 134 cm³/mol. The van der Waals surface area contributed by atoms with Crippen LogP contribution in [0.15, 0.2) is 70.0 Å². The van der Waals surface area contributed by atoms with Crippen LogP contribution in [0.4, 0.5) is 5.69 Å². The van der Waals surface area contributed by atoms with E-state index in [4.69, 9.17) is 9.15 Å². The molecule has 1 amide bonds. The molecule has 1 fully saturated rings. The molecule has 9 heteroatoms.